The number of methoxy groups -OCH3 is 1. The van der Waals surface area contributed by atoms with Gasteiger partial charge in [-0.1, -0.05) is 23.8 Å². The smallest absolute Gasteiger partial charge is 0.251 e. The maximum Gasteiger partial charge on any atom is 0.251 e. The Kier molecular flexibility index (Phi) is 6.77. The van der Waals surface area contributed by atoms with E-state index in [9.17, 15) is 4.79 Å². The highest BCUT2D eigenvalue weighted by Crippen LogP contribution is 2.36. The first-order chi connectivity index (χ1) is 17.1. The molecule has 35 heavy (non-hydrogen) atoms. The summed E-state index contributed by atoms with van der Waals surface area (Å²) in [6, 6.07) is 22.0. The summed E-state index contributed by atoms with van der Waals surface area (Å²) in [5.41, 5.74) is 4.10. The van der Waals surface area contributed by atoms with Crippen LogP contribution in [0, 0.1) is 6.92 Å². The summed E-state index contributed by atoms with van der Waals surface area (Å²) in [7, 11) is 1.68. The van der Waals surface area contributed by atoms with Crippen LogP contribution in [-0.4, -0.2) is 57.4 Å². The van der Waals surface area contributed by atoms with Gasteiger partial charge in [-0.15, -0.1) is 0 Å². The molecule has 0 spiro atoms. The molecule has 0 aliphatic carbocycles. The van der Waals surface area contributed by atoms with Crippen molar-refractivity contribution < 1.29 is 19.0 Å². The Morgan fingerprint density at radius 1 is 0.943 bits per heavy atom. The van der Waals surface area contributed by atoms with Gasteiger partial charge in [-0.05, 0) is 61.0 Å². The Morgan fingerprint density at radius 2 is 1.66 bits per heavy atom. The van der Waals surface area contributed by atoms with Gasteiger partial charge in [0.25, 0.3) is 5.91 Å². The fraction of sp³-hybridized carbons (Fsp3) is 0.321. The first kappa shape index (κ1) is 23.1. The van der Waals surface area contributed by atoms with Crippen LogP contribution >= 0.6 is 0 Å². The first-order valence-corrected chi connectivity index (χ1v) is 12.0. The highest BCUT2D eigenvalue weighted by atomic mass is 16.7. The zero-order valence-corrected chi connectivity index (χ0v) is 20.2. The quantitative estimate of drug-likeness (QED) is 0.559. The minimum atomic E-state index is -0.0624. The van der Waals surface area contributed by atoms with Crippen LogP contribution in [0.2, 0.25) is 0 Å². The van der Waals surface area contributed by atoms with Gasteiger partial charge in [0.05, 0.1) is 13.2 Å². The Balaban J connectivity index is 1.30. The Bertz CT molecular complexity index is 1160. The van der Waals surface area contributed by atoms with Gasteiger partial charge in [-0.25, -0.2) is 0 Å². The largest absolute Gasteiger partial charge is 0.497 e. The summed E-state index contributed by atoms with van der Waals surface area (Å²) in [6.07, 6.45) is 0. The lowest BCUT2D eigenvalue weighted by molar-refractivity contribution is 0.0930. The van der Waals surface area contributed by atoms with Crippen molar-refractivity contribution in [3.63, 3.8) is 0 Å². The summed E-state index contributed by atoms with van der Waals surface area (Å²) >= 11 is 0. The second-order valence-electron chi connectivity index (χ2n) is 8.93. The van der Waals surface area contributed by atoms with Gasteiger partial charge < -0.3 is 24.4 Å². The molecule has 1 amide bonds. The minimum Gasteiger partial charge on any atom is -0.497 e. The molecule has 7 heteroatoms. The van der Waals surface area contributed by atoms with Crippen LogP contribution in [0.4, 0.5) is 5.69 Å². The molecule has 1 saturated heterocycles. The van der Waals surface area contributed by atoms with E-state index in [4.69, 9.17) is 14.2 Å². The number of nitrogens with one attached hydrogen (secondary N) is 1. The number of hydrogen-bond donors (Lipinski definition) is 1. The van der Waals surface area contributed by atoms with Crippen LogP contribution in [0.5, 0.6) is 17.2 Å². The Morgan fingerprint density at radius 3 is 2.37 bits per heavy atom. The van der Waals surface area contributed by atoms with Crippen LogP contribution in [0.15, 0.2) is 66.7 Å². The number of nitrogens with zero attached hydrogens (tertiary/aromatic N) is 2. The third kappa shape index (κ3) is 5.20. The lowest BCUT2D eigenvalue weighted by Crippen LogP contribution is -2.50. The summed E-state index contributed by atoms with van der Waals surface area (Å²) in [5, 5.41) is 3.16. The van der Waals surface area contributed by atoms with Crippen molar-refractivity contribution in [1.29, 1.82) is 0 Å². The van der Waals surface area contributed by atoms with E-state index in [0.29, 0.717) is 12.1 Å². The van der Waals surface area contributed by atoms with E-state index >= 15 is 0 Å². The van der Waals surface area contributed by atoms with Crippen LogP contribution in [-0.2, 0) is 0 Å². The van der Waals surface area contributed by atoms with Gasteiger partial charge >= 0.3 is 0 Å². The first-order valence-electron chi connectivity index (χ1n) is 12.0. The molecule has 1 atom stereocenters. The van der Waals surface area contributed by atoms with Crippen LogP contribution in [0.3, 0.4) is 0 Å². The maximum atomic E-state index is 12.9. The average Bonchev–Trinajstić information content (AvgIpc) is 3.38. The molecule has 182 valence electrons. The molecule has 1 fully saturated rings. The fourth-order valence-electron chi connectivity index (χ4n) is 4.66. The number of aryl methyl sites for hydroxylation is 1. The molecule has 3 aromatic carbocycles. The van der Waals surface area contributed by atoms with Crippen LogP contribution < -0.4 is 24.4 Å². The van der Waals surface area contributed by atoms with E-state index in [1.54, 1.807) is 7.11 Å². The number of fused-ring (bicyclic) bond motifs is 1. The van der Waals surface area contributed by atoms with E-state index in [-0.39, 0.29) is 18.7 Å². The molecule has 0 saturated carbocycles. The normalized spacial score (nSPS) is 16.1. The minimum absolute atomic E-state index is 0.0249. The molecule has 2 aliphatic rings. The number of carbonyl (C=O) groups excluding carboxylic acids is 1. The number of rotatable bonds is 7. The van der Waals surface area contributed by atoms with Crippen LogP contribution in [0.25, 0.3) is 0 Å². The molecule has 3 aromatic rings. The lowest BCUT2D eigenvalue weighted by atomic mass is 10.0. The van der Waals surface area contributed by atoms with Gasteiger partial charge in [0.2, 0.25) is 6.79 Å². The summed E-state index contributed by atoms with van der Waals surface area (Å²) in [4.78, 5) is 17.7. The van der Waals surface area contributed by atoms with E-state index in [1.165, 1.54) is 5.69 Å². The van der Waals surface area contributed by atoms with Gasteiger partial charge in [0, 0.05) is 44.0 Å². The van der Waals surface area contributed by atoms with Crippen molar-refractivity contribution in [2.45, 2.75) is 13.0 Å². The standard InChI is InChI=1S/C28H31N3O4/c1-20-3-5-21(6-4-20)28(32)29-18-25(22-7-12-26-27(17-22)35-19-34-26)31-15-13-30(14-16-31)23-8-10-24(33-2)11-9-23/h3-12,17,25H,13-16,18-19H2,1-2H3,(H,29,32)/t25-/m0/s1. The Hall–Kier alpha value is -3.71. The van der Waals surface area contributed by atoms with Gasteiger partial charge in [0.15, 0.2) is 11.5 Å². The van der Waals surface area contributed by atoms with Gasteiger partial charge in [-0.2, -0.15) is 0 Å². The third-order valence-corrected chi connectivity index (χ3v) is 6.74. The summed E-state index contributed by atoms with van der Waals surface area (Å²) < 4.78 is 16.4. The number of carbonyl (C=O) groups is 1. The number of piperazine rings is 1. The van der Waals surface area contributed by atoms with E-state index in [2.05, 4.69) is 33.3 Å². The summed E-state index contributed by atoms with van der Waals surface area (Å²) in [5.74, 6) is 2.32. The fourth-order valence-corrected chi connectivity index (χ4v) is 4.66. The van der Waals surface area contributed by atoms with Gasteiger partial charge in [0.1, 0.15) is 5.75 Å². The van der Waals surface area contributed by atoms with Gasteiger partial charge in [-0.3, -0.25) is 9.69 Å². The SMILES string of the molecule is COc1ccc(N2CCN([C@@H](CNC(=O)c3ccc(C)cc3)c3ccc4c(c3)OCO4)CC2)cc1. The zero-order valence-electron chi connectivity index (χ0n) is 20.2. The molecule has 1 N–H and O–H groups in total. The molecule has 0 aromatic heterocycles. The van der Waals surface area contributed by atoms with E-state index in [0.717, 1.165) is 54.6 Å². The second kappa shape index (κ2) is 10.3. The highest BCUT2D eigenvalue weighted by Gasteiger charge is 2.27. The molecular weight excluding hydrogens is 442 g/mol. The molecule has 0 radical (unpaired) electrons. The number of benzene rings is 3. The predicted molar refractivity (Wildman–Crippen MR) is 136 cm³/mol. The lowest BCUT2D eigenvalue weighted by Gasteiger charge is -2.40. The average molecular weight is 474 g/mol. The Labute approximate surface area is 206 Å². The third-order valence-electron chi connectivity index (χ3n) is 6.74. The molecule has 2 aliphatic heterocycles. The van der Waals surface area contributed by atoms with E-state index in [1.807, 2.05) is 55.5 Å². The van der Waals surface area contributed by atoms with Crippen molar-refractivity contribution in [3.8, 4) is 17.2 Å². The number of hydrogen-bond acceptors (Lipinski definition) is 6. The topological polar surface area (TPSA) is 63.3 Å². The van der Waals surface area contributed by atoms with E-state index < -0.39 is 0 Å². The maximum absolute atomic E-state index is 12.9. The van der Waals surface area contributed by atoms with Crippen molar-refractivity contribution in [1.82, 2.24) is 10.2 Å². The highest BCUT2D eigenvalue weighted by molar-refractivity contribution is 5.94. The molecule has 0 unspecified atom stereocenters. The zero-order chi connectivity index (χ0) is 24.2. The number of anilines is 1. The monoisotopic (exact) mass is 473 g/mol. The molecular formula is C28H31N3O4. The number of amides is 1. The van der Waals surface area contributed by atoms with Crippen molar-refractivity contribution in [2.75, 3.05) is 51.5 Å². The van der Waals surface area contributed by atoms with Crippen LogP contribution in [0.1, 0.15) is 27.5 Å². The molecule has 0 bridgehead atoms. The summed E-state index contributed by atoms with van der Waals surface area (Å²) in [6.45, 7) is 6.33. The molecule has 5 rings (SSSR count). The molecule has 2 heterocycles. The number of ether oxygens (including phenoxy) is 3. The second-order valence-corrected chi connectivity index (χ2v) is 8.93. The van der Waals surface area contributed by atoms with Crippen molar-refractivity contribution >= 4 is 11.6 Å². The predicted octanol–water partition coefficient (Wildman–Crippen LogP) is 4.03. The van der Waals surface area contributed by atoms with Crippen molar-refractivity contribution in [2.24, 2.45) is 0 Å². The van der Waals surface area contributed by atoms with Crippen molar-refractivity contribution in [3.05, 3.63) is 83.4 Å². The molecule has 7 nitrogen and oxygen atoms in total.